The minimum atomic E-state index is 0.329. The van der Waals surface area contributed by atoms with Gasteiger partial charge in [-0.2, -0.15) is 0 Å². The molecular formula is C8H10N4. The molecule has 1 aromatic rings. The van der Waals surface area contributed by atoms with E-state index in [0.29, 0.717) is 11.6 Å². The van der Waals surface area contributed by atoms with Crippen LogP contribution in [0.2, 0.25) is 0 Å². The van der Waals surface area contributed by atoms with Crippen molar-refractivity contribution in [2.45, 2.75) is 6.92 Å². The molecule has 0 spiro atoms. The van der Waals surface area contributed by atoms with Crippen LogP contribution in [0, 0.1) is 0 Å². The fourth-order valence-electron chi connectivity index (χ4n) is 0.612. The molecule has 0 atom stereocenters. The molecule has 2 N–H and O–H groups in total. The van der Waals surface area contributed by atoms with Crippen LogP contribution in [-0.4, -0.2) is 16.2 Å². The van der Waals surface area contributed by atoms with Gasteiger partial charge in [-0.3, -0.25) is 0 Å². The quantitative estimate of drug-likeness (QED) is 0.667. The average Bonchev–Trinajstić information content (AvgIpc) is 2.03. The highest BCUT2D eigenvalue weighted by Crippen LogP contribution is 2.12. The highest BCUT2D eigenvalue weighted by molar-refractivity contribution is 5.80. The number of nitrogens with zero attached hydrogens (tertiary/aromatic N) is 3. The number of allylic oxidation sites excluding steroid dienone is 1. The SMILES string of the molecule is C=C(C)/C=N\c1nccnc1N. The maximum atomic E-state index is 5.49. The van der Waals surface area contributed by atoms with Crippen LogP contribution in [0.5, 0.6) is 0 Å². The smallest absolute Gasteiger partial charge is 0.195 e. The summed E-state index contributed by atoms with van der Waals surface area (Å²) in [6, 6.07) is 0. The Morgan fingerprint density at radius 1 is 1.58 bits per heavy atom. The van der Waals surface area contributed by atoms with Gasteiger partial charge in [-0.25, -0.2) is 15.0 Å². The van der Waals surface area contributed by atoms with Crippen molar-refractivity contribution < 1.29 is 0 Å². The summed E-state index contributed by atoms with van der Waals surface area (Å²) in [6.45, 7) is 5.50. The van der Waals surface area contributed by atoms with Crippen LogP contribution >= 0.6 is 0 Å². The number of aliphatic imine (C=N–C) groups is 1. The first-order valence-corrected chi connectivity index (χ1v) is 3.46. The first-order valence-electron chi connectivity index (χ1n) is 3.46. The third-order valence-corrected chi connectivity index (χ3v) is 1.11. The van der Waals surface area contributed by atoms with E-state index in [0.717, 1.165) is 5.57 Å². The molecule has 4 heteroatoms. The molecular weight excluding hydrogens is 152 g/mol. The van der Waals surface area contributed by atoms with Crippen LogP contribution in [0.1, 0.15) is 6.92 Å². The topological polar surface area (TPSA) is 64.2 Å². The van der Waals surface area contributed by atoms with Crippen molar-refractivity contribution in [1.82, 2.24) is 9.97 Å². The second-order valence-electron chi connectivity index (χ2n) is 2.37. The van der Waals surface area contributed by atoms with E-state index >= 15 is 0 Å². The highest BCUT2D eigenvalue weighted by atomic mass is 15.0. The summed E-state index contributed by atoms with van der Waals surface area (Å²) in [6.07, 6.45) is 4.66. The Kier molecular flexibility index (Phi) is 2.53. The number of nitrogens with two attached hydrogens (primary N) is 1. The van der Waals surface area contributed by atoms with Crippen molar-refractivity contribution in [3.8, 4) is 0 Å². The van der Waals surface area contributed by atoms with Crippen molar-refractivity contribution >= 4 is 17.9 Å². The Labute approximate surface area is 70.9 Å². The molecule has 1 heterocycles. The molecule has 1 aromatic heterocycles. The molecule has 0 saturated heterocycles. The lowest BCUT2D eigenvalue weighted by atomic mass is 10.4. The standard InChI is InChI=1S/C8H10N4/c1-6(2)5-12-8-7(9)10-3-4-11-8/h3-5H,1H2,2H3,(H2,9,10)/b12-5-. The van der Waals surface area contributed by atoms with Gasteiger partial charge in [0.2, 0.25) is 0 Å². The van der Waals surface area contributed by atoms with Gasteiger partial charge in [-0.1, -0.05) is 6.58 Å². The molecule has 0 aliphatic rings. The molecule has 0 radical (unpaired) electrons. The van der Waals surface area contributed by atoms with Gasteiger partial charge in [-0.05, 0) is 12.5 Å². The maximum Gasteiger partial charge on any atom is 0.195 e. The minimum absolute atomic E-state index is 0.329. The number of nitrogen functional groups attached to an aromatic ring is 1. The van der Waals surface area contributed by atoms with Gasteiger partial charge in [0.25, 0.3) is 0 Å². The number of anilines is 1. The zero-order valence-electron chi connectivity index (χ0n) is 6.86. The van der Waals surface area contributed by atoms with Crippen molar-refractivity contribution in [2.75, 3.05) is 5.73 Å². The zero-order valence-corrected chi connectivity index (χ0v) is 6.86. The molecule has 62 valence electrons. The van der Waals surface area contributed by atoms with Crippen molar-refractivity contribution in [3.05, 3.63) is 24.5 Å². The Hall–Kier alpha value is -1.71. The fraction of sp³-hybridized carbons (Fsp3) is 0.125. The first-order chi connectivity index (χ1) is 5.70. The van der Waals surface area contributed by atoms with Crippen LogP contribution in [0.15, 0.2) is 29.5 Å². The van der Waals surface area contributed by atoms with E-state index in [1.54, 1.807) is 12.4 Å². The van der Waals surface area contributed by atoms with Crippen molar-refractivity contribution in [1.29, 1.82) is 0 Å². The fourth-order valence-corrected chi connectivity index (χ4v) is 0.612. The molecule has 0 fully saturated rings. The van der Waals surface area contributed by atoms with Gasteiger partial charge in [0, 0.05) is 18.6 Å². The van der Waals surface area contributed by atoms with Crippen molar-refractivity contribution in [2.24, 2.45) is 4.99 Å². The molecule has 0 amide bonds. The molecule has 0 aliphatic heterocycles. The summed E-state index contributed by atoms with van der Waals surface area (Å²) < 4.78 is 0. The third kappa shape index (κ3) is 2.16. The molecule has 4 nitrogen and oxygen atoms in total. The number of rotatable bonds is 2. The van der Waals surface area contributed by atoms with Crippen LogP contribution in [0.25, 0.3) is 0 Å². The van der Waals surface area contributed by atoms with Crippen molar-refractivity contribution in [3.63, 3.8) is 0 Å². The molecule has 0 aromatic carbocycles. The average molecular weight is 162 g/mol. The Balaban J connectivity index is 2.89. The van der Waals surface area contributed by atoms with Gasteiger partial charge < -0.3 is 5.73 Å². The van der Waals surface area contributed by atoms with Gasteiger partial charge in [-0.15, -0.1) is 0 Å². The maximum absolute atomic E-state index is 5.49. The van der Waals surface area contributed by atoms with E-state index in [4.69, 9.17) is 5.73 Å². The number of hydrogen-bond donors (Lipinski definition) is 1. The third-order valence-electron chi connectivity index (χ3n) is 1.11. The normalized spacial score (nSPS) is 10.4. The van der Waals surface area contributed by atoms with E-state index in [1.165, 1.54) is 6.20 Å². The molecule has 12 heavy (non-hydrogen) atoms. The largest absolute Gasteiger partial charge is 0.381 e. The predicted molar refractivity (Wildman–Crippen MR) is 49.4 cm³/mol. The Morgan fingerprint density at radius 2 is 2.25 bits per heavy atom. The van der Waals surface area contributed by atoms with E-state index in [2.05, 4.69) is 21.5 Å². The van der Waals surface area contributed by atoms with Gasteiger partial charge >= 0.3 is 0 Å². The second-order valence-corrected chi connectivity index (χ2v) is 2.37. The minimum Gasteiger partial charge on any atom is -0.381 e. The van der Waals surface area contributed by atoms with Crippen LogP contribution in [-0.2, 0) is 0 Å². The zero-order chi connectivity index (χ0) is 8.97. The lowest BCUT2D eigenvalue weighted by molar-refractivity contribution is 1.19. The van der Waals surface area contributed by atoms with E-state index in [9.17, 15) is 0 Å². The van der Waals surface area contributed by atoms with Gasteiger partial charge in [0.15, 0.2) is 11.6 Å². The molecule has 0 saturated carbocycles. The Bertz CT molecular complexity index is 317. The molecule has 0 unspecified atom stereocenters. The summed E-state index contributed by atoms with van der Waals surface area (Å²) in [4.78, 5) is 11.7. The molecule has 1 rings (SSSR count). The van der Waals surface area contributed by atoms with E-state index < -0.39 is 0 Å². The van der Waals surface area contributed by atoms with Crippen LogP contribution < -0.4 is 5.73 Å². The molecule has 0 aliphatic carbocycles. The monoisotopic (exact) mass is 162 g/mol. The number of hydrogen-bond acceptors (Lipinski definition) is 4. The highest BCUT2D eigenvalue weighted by Gasteiger charge is 1.95. The van der Waals surface area contributed by atoms with Crippen LogP contribution in [0.3, 0.4) is 0 Å². The van der Waals surface area contributed by atoms with E-state index in [1.807, 2.05) is 6.92 Å². The summed E-state index contributed by atoms with van der Waals surface area (Å²) in [5.74, 6) is 0.760. The summed E-state index contributed by atoms with van der Waals surface area (Å²) in [7, 11) is 0. The van der Waals surface area contributed by atoms with Gasteiger partial charge in [0.1, 0.15) is 0 Å². The summed E-state index contributed by atoms with van der Waals surface area (Å²) >= 11 is 0. The summed E-state index contributed by atoms with van der Waals surface area (Å²) in [5, 5.41) is 0. The lowest BCUT2D eigenvalue weighted by Crippen LogP contribution is -1.91. The van der Waals surface area contributed by atoms with Gasteiger partial charge in [0.05, 0.1) is 0 Å². The predicted octanol–water partition coefficient (Wildman–Crippen LogP) is 1.34. The van der Waals surface area contributed by atoms with Crippen LogP contribution in [0.4, 0.5) is 11.6 Å². The lowest BCUT2D eigenvalue weighted by Gasteiger charge is -1.94. The first kappa shape index (κ1) is 8.39. The Morgan fingerprint density at radius 3 is 2.83 bits per heavy atom. The summed E-state index contributed by atoms with van der Waals surface area (Å²) in [5.41, 5.74) is 6.34. The number of aromatic nitrogens is 2. The second kappa shape index (κ2) is 3.61. The van der Waals surface area contributed by atoms with E-state index in [-0.39, 0.29) is 0 Å². The molecule has 0 bridgehead atoms.